The lowest BCUT2D eigenvalue weighted by Crippen LogP contribution is -2.05. The maximum absolute atomic E-state index is 13.7. The molecule has 1 heterocycles. The Bertz CT molecular complexity index is 621. The van der Waals surface area contributed by atoms with Gasteiger partial charge in [0.05, 0.1) is 16.9 Å². The van der Waals surface area contributed by atoms with Crippen LogP contribution in [-0.2, 0) is 6.18 Å². The van der Waals surface area contributed by atoms with Crippen LogP contribution in [0, 0.1) is 12.7 Å². The topological polar surface area (TPSA) is 38.9 Å². The quantitative estimate of drug-likeness (QED) is 0.800. The molecule has 0 atom stereocenters. The summed E-state index contributed by atoms with van der Waals surface area (Å²) in [5.41, 5.74) is 5.93. The molecule has 0 fully saturated rings. The van der Waals surface area contributed by atoms with Crippen LogP contribution in [0.25, 0.3) is 11.1 Å². The summed E-state index contributed by atoms with van der Waals surface area (Å²) in [7, 11) is 0. The van der Waals surface area contributed by atoms with Gasteiger partial charge >= 0.3 is 6.18 Å². The highest BCUT2D eigenvalue weighted by molar-refractivity contribution is 5.68. The van der Waals surface area contributed by atoms with Gasteiger partial charge in [0, 0.05) is 17.3 Å². The normalized spacial score (nSPS) is 11.6. The molecule has 0 radical (unpaired) electrons. The van der Waals surface area contributed by atoms with Gasteiger partial charge in [-0.25, -0.2) is 4.39 Å². The first-order valence-corrected chi connectivity index (χ1v) is 5.38. The van der Waals surface area contributed by atoms with E-state index in [1.165, 1.54) is 12.3 Å². The van der Waals surface area contributed by atoms with Crippen molar-refractivity contribution in [1.82, 2.24) is 4.98 Å². The van der Waals surface area contributed by atoms with Crippen LogP contribution in [0.1, 0.15) is 11.3 Å². The zero-order chi connectivity index (χ0) is 14.2. The smallest absolute Gasteiger partial charge is 0.397 e. The Labute approximate surface area is 106 Å². The Balaban J connectivity index is 2.49. The van der Waals surface area contributed by atoms with Crippen molar-refractivity contribution in [2.75, 3.05) is 5.73 Å². The zero-order valence-electron chi connectivity index (χ0n) is 9.92. The number of nitrogens with zero attached hydrogens (tertiary/aromatic N) is 1. The molecule has 0 aliphatic carbocycles. The number of nitrogen functional groups attached to an aromatic ring is 1. The number of hydrogen-bond acceptors (Lipinski definition) is 2. The fourth-order valence-electron chi connectivity index (χ4n) is 1.62. The van der Waals surface area contributed by atoms with Crippen LogP contribution in [0.15, 0.2) is 30.5 Å². The van der Waals surface area contributed by atoms with Crippen LogP contribution in [0.2, 0.25) is 0 Å². The van der Waals surface area contributed by atoms with Gasteiger partial charge in [-0.05, 0) is 25.1 Å². The Kier molecular flexibility index (Phi) is 3.18. The van der Waals surface area contributed by atoms with Crippen molar-refractivity contribution in [3.05, 3.63) is 47.5 Å². The lowest BCUT2D eigenvalue weighted by Gasteiger charge is -2.10. The minimum absolute atomic E-state index is 0.0344. The first-order valence-electron chi connectivity index (χ1n) is 5.38. The lowest BCUT2D eigenvalue weighted by atomic mass is 10.0. The summed E-state index contributed by atoms with van der Waals surface area (Å²) in [6, 6.07) is 3.85. The summed E-state index contributed by atoms with van der Waals surface area (Å²) >= 11 is 0. The van der Waals surface area contributed by atoms with Crippen molar-refractivity contribution in [2.45, 2.75) is 13.1 Å². The van der Waals surface area contributed by atoms with Crippen LogP contribution in [0.5, 0.6) is 0 Å². The molecule has 2 nitrogen and oxygen atoms in total. The largest absolute Gasteiger partial charge is 0.416 e. The van der Waals surface area contributed by atoms with Gasteiger partial charge in [-0.2, -0.15) is 13.2 Å². The average Bonchev–Trinajstić information content (AvgIpc) is 2.31. The minimum Gasteiger partial charge on any atom is -0.397 e. The van der Waals surface area contributed by atoms with E-state index < -0.39 is 17.6 Å². The van der Waals surface area contributed by atoms with Crippen LogP contribution in [-0.4, -0.2) is 4.98 Å². The summed E-state index contributed by atoms with van der Waals surface area (Å²) < 4.78 is 51.0. The Morgan fingerprint density at radius 3 is 2.37 bits per heavy atom. The molecule has 100 valence electrons. The van der Waals surface area contributed by atoms with Crippen LogP contribution < -0.4 is 5.73 Å². The number of halogens is 4. The molecule has 2 N–H and O–H groups in total. The molecule has 0 spiro atoms. The SMILES string of the molecule is Cc1ncc(-c2ccc(C(F)(F)F)cc2F)cc1N. The van der Waals surface area contributed by atoms with Gasteiger partial charge in [0.15, 0.2) is 0 Å². The summed E-state index contributed by atoms with van der Waals surface area (Å²) in [6.45, 7) is 1.68. The van der Waals surface area contributed by atoms with Gasteiger partial charge in [-0.1, -0.05) is 6.07 Å². The third-order valence-corrected chi connectivity index (χ3v) is 2.73. The molecule has 6 heteroatoms. The number of rotatable bonds is 1. The Hall–Kier alpha value is -2.11. The Morgan fingerprint density at radius 1 is 1.16 bits per heavy atom. The number of anilines is 1. The van der Waals surface area contributed by atoms with Crippen molar-refractivity contribution in [3.63, 3.8) is 0 Å². The molecule has 0 bridgehead atoms. The van der Waals surface area contributed by atoms with E-state index in [-0.39, 0.29) is 5.56 Å². The highest BCUT2D eigenvalue weighted by atomic mass is 19.4. The van der Waals surface area contributed by atoms with E-state index in [0.717, 1.165) is 12.1 Å². The molecule has 0 aliphatic rings. The molecule has 0 amide bonds. The summed E-state index contributed by atoms with van der Waals surface area (Å²) in [5.74, 6) is -0.958. The van der Waals surface area contributed by atoms with E-state index in [4.69, 9.17) is 5.73 Å². The van der Waals surface area contributed by atoms with Crippen molar-refractivity contribution < 1.29 is 17.6 Å². The number of alkyl halides is 3. The lowest BCUT2D eigenvalue weighted by molar-refractivity contribution is -0.137. The number of benzene rings is 1. The maximum atomic E-state index is 13.7. The first-order chi connectivity index (χ1) is 8.79. The fraction of sp³-hybridized carbons (Fsp3) is 0.154. The summed E-state index contributed by atoms with van der Waals surface area (Å²) in [4.78, 5) is 3.95. The standard InChI is InChI=1S/C13H10F4N2/c1-7-12(18)4-8(6-19-7)10-3-2-9(5-11(10)14)13(15,16)17/h2-6H,18H2,1H3. The summed E-state index contributed by atoms with van der Waals surface area (Å²) in [6.07, 6.45) is -3.19. The maximum Gasteiger partial charge on any atom is 0.416 e. The van der Waals surface area contributed by atoms with E-state index in [1.807, 2.05) is 0 Å². The highest BCUT2D eigenvalue weighted by Gasteiger charge is 2.31. The molecule has 19 heavy (non-hydrogen) atoms. The first kappa shape index (κ1) is 13.3. The van der Waals surface area contributed by atoms with Gasteiger partial charge in [0.2, 0.25) is 0 Å². The second-order valence-corrected chi connectivity index (χ2v) is 4.09. The van der Waals surface area contributed by atoms with E-state index in [2.05, 4.69) is 4.98 Å². The molecule has 1 aromatic heterocycles. The predicted octanol–water partition coefficient (Wildman–Crippen LogP) is 3.80. The minimum atomic E-state index is -4.57. The molecule has 0 aliphatic heterocycles. The predicted molar refractivity (Wildman–Crippen MR) is 63.8 cm³/mol. The van der Waals surface area contributed by atoms with E-state index in [9.17, 15) is 17.6 Å². The van der Waals surface area contributed by atoms with E-state index >= 15 is 0 Å². The van der Waals surface area contributed by atoms with Gasteiger partial charge in [0.1, 0.15) is 5.82 Å². The molecular weight excluding hydrogens is 260 g/mol. The third-order valence-electron chi connectivity index (χ3n) is 2.73. The number of aromatic nitrogens is 1. The monoisotopic (exact) mass is 270 g/mol. The van der Waals surface area contributed by atoms with Gasteiger partial charge < -0.3 is 5.73 Å². The third kappa shape index (κ3) is 2.67. The molecule has 2 aromatic rings. The van der Waals surface area contributed by atoms with Crippen LogP contribution >= 0.6 is 0 Å². The molecule has 0 saturated carbocycles. The molecule has 2 rings (SSSR count). The summed E-state index contributed by atoms with van der Waals surface area (Å²) in [5, 5.41) is 0. The van der Waals surface area contributed by atoms with Crippen molar-refractivity contribution in [3.8, 4) is 11.1 Å². The van der Waals surface area contributed by atoms with E-state index in [0.29, 0.717) is 23.0 Å². The molecule has 1 aromatic carbocycles. The number of aryl methyl sites for hydroxylation is 1. The number of nitrogens with two attached hydrogens (primary N) is 1. The van der Waals surface area contributed by atoms with Gasteiger partial charge in [-0.15, -0.1) is 0 Å². The van der Waals surface area contributed by atoms with Crippen molar-refractivity contribution in [1.29, 1.82) is 0 Å². The second-order valence-electron chi connectivity index (χ2n) is 4.09. The van der Waals surface area contributed by atoms with Gasteiger partial charge in [-0.3, -0.25) is 4.98 Å². The number of pyridine rings is 1. The molecular formula is C13H10F4N2. The van der Waals surface area contributed by atoms with Crippen LogP contribution in [0.4, 0.5) is 23.2 Å². The zero-order valence-corrected chi connectivity index (χ0v) is 9.92. The fourth-order valence-corrected chi connectivity index (χ4v) is 1.62. The second kappa shape index (κ2) is 4.53. The Morgan fingerprint density at radius 2 is 1.84 bits per heavy atom. The average molecular weight is 270 g/mol. The van der Waals surface area contributed by atoms with Crippen molar-refractivity contribution in [2.24, 2.45) is 0 Å². The van der Waals surface area contributed by atoms with E-state index in [1.54, 1.807) is 6.92 Å². The van der Waals surface area contributed by atoms with Crippen molar-refractivity contribution >= 4 is 5.69 Å². The van der Waals surface area contributed by atoms with Gasteiger partial charge in [0.25, 0.3) is 0 Å². The molecule has 0 unspecified atom stereocenters. The van der Waals surface area contributed by atoms with Crippen LogP contribution in [0.3, 0.4) is 0 Å². The molecule has 0 saturated heterocycles. The highest BCUT2D eigenvalue weighted by Crippen LogP contribution is 2.33. The number of hydrogen-bond donors (Lipinski definition) is 1.